The fourth-order valence-corrected chi connectivity index (χ4v) is 2.19. The molecule has 2 rings (SSSR count). The van der Waals surface area contributed by atoms with Gasteiger partial charge in [-0.1, -0.05) is 29.3 Å². The van der Waals surface area contributed by atoms with Gasteiger partial charge in [0, 0.05) is 18.9 Å². The highest BCUT2D eigenvalue weighted by Crippen LogP contribution is 2.34. The standard InChI is InChI=1S/C10H9Cl2N3O/c1-2-6-3-7(16)15(4-6)8-9(11)13-5-14-10(8)12/h2,5-6H,1,3-4H2. The summed E-state index contributed by atoms with van der Waals surface area (Å²) in [7, 11) is 0. The summed E-state index contributed by atoms with van der Waals surface area (Å²) in [5.74, 6) is 0.0864. The van der Waals surface area contributed by atoms with Gasteiger partial charge in [-0.2, -0.15) is 0 Å². The first-order valence-corrected chi connectivity index (χ1v) is 5.48. The molecule has 16 heavy (non-hydrogen) atoms. The second kappa shape index (κ2) is 4.39. The summed E-state index contributed by atoms with van der Waals surface area (Å²) in [6.07, 6.45) is 3.44. The number of rotatable bonds is 2. The van der Waals surface area contributed by atoms with E-state index in [9.17, 15) is 4.79 Å². The second-order valence-corrected chi connectivity index (χ2v) is 4.22. The van der Waals surface area contributed by atoms with E-state index in [1.807, 2.05) is 0 Å². The summed E-state index contributed by atoms with van der Waals surface area (Å²) in [5.41, 5.74) is 0.389. The van der Waals surface area contributed by atoms with Crippen molar-refractivity contribution in [3.05, 3.63) is 29.3 Å². The van der Waals surface area contributed by atoms with Crippen molar-refractivity contribution >= 4 is 34.8 Å². The van der Waals surface area contributed by atoms with E-state index in [2.05, 4.69) is 16.5 Å². The molecule has 2 heterocycles. The van der Waals surface area contributed by atoms with Gasteiger partial charge in [0.25, 0.3) is 0 Å². The first-order chi connectivity index (χ1) is 7.63. The van der Waals surface area contributed by atoms with E-state index in [0.29, 0.717) is 18.7 Å². The lowest BCUT2D eigenvalue weighted by Gasteiger charge is -2.17. The summed E-state index contributed by atoms with van der Waals surface area (Å²) in [6, 6.07) is 0. The molecule has 1 saturated heterocycles. The van der Waals surface area contributed by atoms with Gasteiger partial charge >= 0.3 is 0 Å². The highest BCUT2D eigenvalue weighted by molar-refractivity contribution is 6.38. The molecule has 1 unspecified atom stereocenters. The minimum Gasteiger partial charge on any atom is -0.306 e. The van der Waals surface area contributed by atoms with Crippen molar-refractivity contribution in [3.8, 4) is 0 Å². The number of amides is 1. The maximum Gasteiger partial charge on any atom is 0.227 e. The topological polar surface area (TPSA) is 46.1 Å². The van der Waals surface area contributed by atoms with E-state index in [1.54, 1.807) is 6.08 Å². The Kier molecular flexibility index (Phi) is 3.12. The Labute approximate surface area is 103 Å². The number of hydrogen-bond acceptors (Lipinski definition) is 3. The van der Waals surface area contributed by atoms with E-state index in [0.717, 1.165) is 0 Å². The lowest BCUT2D eigenvalue weighted by molar-refractivity contribution is -0.117. The Morgan fingerprint density at radius 1 is 1.44 bits per heavy atom. The largest absolute Gasteiger partial charge is 0.306 e. The van der Waals surface area contributed by atoms with E-state index < -0.39 is 0 Å². The van der Waals surface area contributed by atoms with Crippen LogP contribution >= 0.6 is 23.2 Å². The van der Waals surface area contributed by atoms with Crippen molar-refractivity contribution in [2.24, 2.45) is 5.92 Å². The van der Waals surface area contributed by atoms with E-state index in [1.165, 1.54) is 11.2 Å². The van der Waals surface area contributed by atoms with E-state index >= 15 is 0 Å². The molecule has 0 bridgehead atoms. The minimum atomic E-state index is -0.0384. The molecular weight excluding hydrogens is 249 g/mol. The molecule has 1 fully saturated rings. The third kappa shape index (κ3) is 1.90. The predicted molar refractivity (Wildman–Crippen MR) is 62.7 cm³/mol. The Morgan fingerprint density at radius 2 is 2.06 bits per heavy atom. The molecule has 1 aromatic rings. The van der Waals surface area contributed by atoms with Gasteiger partial charge in [-0.25, -0.2) is 9.97 Å². The SMILES string of the molecule is C=CC1CC(=O)N(c2c(Cl)ncnc2Cl)C1. The van der Waals surface area contributed by atoms with Gasteiger partial charge in [0.05, 0.1) is 0 Å². The molecule has 1 atom stereocenters. The molecule has 0 spiro atoms. The van der Waals surface area contributed by atoms with Crippen molar-refractivity contribution in [1.29, 1.82) is 0 Å². The molecule has 0 aromatic carbocycles. The van der Waals surface area contributed by atoms with E-state index in [-0.39, 0.29) is 22.1 Å². The zero-order valence-electron chi connectivity index (χ0n) is 8.36. The Balaban J connectivity index is 2.38. The number of halogens is 2. The zero-order chi connectivity index (χ0) is 11.7. The van der Waals surface area contributed by atoms with E-state index in [4.69, 9.17) is 23.2 Å². The molecule has 6 heteroatoms. The summed E-state index contributed by atoms with van der Waals surface area (Å²) in [6.45, 7) is 4.20. The average Bonchev–Trinajstić information content (AvgIpc) is 2.60. The average molecular weight is 258 g/mol. The molecule has 1 amide bonds. The number of carbonyl (C=O) groups excluding carboxylic acids is 1. The molecule has 0 N–H and O–H groups in total. The van der Waals surface area contributed by atoms with Crippen molar-refractivity contribution in [1.82, 2.24) is 9.97 Å². The van der Waals surface area contributed by atoms with Crippen LogP contribution < -0.4 is 4.90 Å². The van der Waals surface area contributed by atoms with Crippen LogP contribution in [0.3, 0.4) is 0 Å². The molecule has 84 valence electrons. The van der Waals surface area contributed by atoms with Gasteiger partial charge < -0.3 is 4.90 Å². The zero-order valence-corrected chi connectivity index (χ0v) is 9.87. The van der Waals surface area contributed by atoms with Crippen LogP contribution in [0.5, 0.6) is 0 Å². The van der Waals surface area contributed by atoms with Crippen molar-refractivity contribution in [2.75, 3.05) is 11.4 Å². The smallest absolute Gasteiger partial charge is 0.227 e. The minimum absolute atomic E-state index is 0.0384. The maximum atomic E-state index is 11.8. The Hall–Kier alpha value is -1.13. The van der Waals surface area contributed by atoms with Crippen LogP contribution in [-0.4, -0.2) is 22.4 Å². The molecule has 1 aliphatic rings. The quantitative estimate of drug-likeness (QED) is 0.604. The van der Waals surface area contributed by atoms with Crippen molar-refractivity contribution < 1.29 is 4.79 Å². The fourth-order valence-electron chi connectivity index (χ4n) is 1.67. The molecule has 4 nitrogen and oxygen atoms in total. The van der Waals surface area contributed by atoms with Gasteiger partial charge in [-0.3, -0.25) is 4.79 Å². The molecule has 0 radical (unpaired) electrons. The molecule has 1 aromatic heterocycles. The first kappa shape index (κ1) is 11.4. The number of aromatic nitrogens is 2. The monoisotopic (exact) mass is 257 g/mol. The molecular formula is C10H9Cl2N3O. The van der Waals surface area contributed by atoms with Crippen LogP contribution in [0.1, 0.15) is 6.42 Å². The second-order valence-electron chi connectivity index (χ2n) is 3.51. The molecule has 0 aliphatic carbocycles. The normalized spacial score (nSPS) is 20.2. The van der Waals surface area contributed by atoms with Crippen LogP contribution in [0.15, 0.2) is 19.0 Å². The van der Waals surface area contributed by atoms with Crippen LogP contribution in [0.2, 0.25) is 10.3 Å². The van der Waals surface area contributed by atoms with Gasteiger partial charge in [-0.15, -0.1) is 6.58 Å². The highest BCUT2D eigenvalue weighted by atomic mass is 35.5. The van der Waals surface area contributed by atoms with Gasteiger partial charge in [0.15, 0.2) is 10.3 Å². The number of anilines is 1. The summed E-state index contributed by atoms with van der Waals surface area (Å²) < 4.78 is 0. The maximum absolute atomic E-state index is 11.8. The van der Waals surface area contributed by atoms with Gasteiger partial charge in [0.2, 0.25) is 5.91 Å². The lowest BCUT2D eigenvalue weighted by Crippen LogP contribution is -2.25. The first-order valence-electron chi connectivity index (χ1n) is 4.72. The van der Waals surface area contributed by atoms with Crippen LogP contribution in [0, 0.1) is 5.92 Å². The highest BCUT2D eigenvalue weighted by Gasteiger charge is 2.32. The number of carbonyl (C=O) groups is 1. The summed E-state index contributed by atoms with van der Waals surface area (Å²) in [5, 5.41) is 0.385. The third-order valence-electron chi connectivity index (χ3n) is 2.49. The predicted octanol–water partition coefficient (Wildman–Crippen LogP) is 2.32. The molecule has 0 saturated carbocycles. The van der Waals surface area contributed by atoms with Crippen molar-refractivity contribution in [2.45, 2.75) is 6.42 Å². The third-order valence-corrected chi connectivity index (χ3v) is 3.04. The number of nitrogens with zero attached hydrogens (tertiary/aromatic N) is 3. The Morgan fingerprint density at radius 3 is 2.56 bits per heavy atom. The summed E-state index contributed by atoms with van der Waals surface area (Å²) in [4.78, 5) is 20.9. The van der Waals surface area contributed by atoms with Gasteiger partial charge in [0.1, 0.15) is 12.0 Å². The molecule has 1 aliphatic heterocycles. The number of hydrogen-bond donors (Lipinski definition) is 0. The summed E-state index contributed by atoms with van der Waals surface area (Å²) >= 11 is 11.8. The van der Waals surface area contributed by atoms with Crippen molar-refractivity contribution in [3.63, 3.8) is 0 Å². The van der Waals surface area contributed by atoms with Crippen LogP contribution in [0.4, 0.5) is 5.69 Å². The van der Waals surface area contributed by atoms with Crippen LogP contribution in [-0.2, 0) is 4.79 Å². The fraction of sp³-hybridized carbons (Fsp3) is 0.300. The Bertz CT molecular complexity index is 429. The van der Waals surface area contributed by atoms with Crippen LogP contribution in [0.25, 0.3) is 0 Å². The lowest BCUT2D eigenvalue weighted by atomic mass is 10.1. The van der Waals surface area contributed by atoms with Gasteiger partial charge in [-0.05, 0) is 0 Å².